The number of alkyl carbamates (subject to hydrolysis) is 1. The molecule has 1 amide bonds. The molecule has 2 heterocycles. The second-order valence-corrected chi connectivity index (χ2v) is 10.6. The maximum Gasteiger partial charge on any atom is 0.407 e. The molecule has 0 saturated carbocycles. The van der Waals surface area contributed by atoms with E-state index in [2.05, 4.69) is 82.1 Å². The van der Waals surface area contributed by atoms with Gasteiger partial charge in [-0.3, -0.25) is 4.90 Å². The number of benzene rings is 3. The summed E-state index contributed by atoms with van der Waals surface area (Å²) in [7, 11) is 0. The molecule has 1 aliphatic rings. The summed E-state index contributed by atoms with van der Waals surface area (Å²) < 4.78 is 7.81. The van der Waals surface area contributed by atoms with E-state index in [1.165, 1.54) is 21.8 Å². The minimum Gasteiger partial charge on any atom is -0.445 e. The lowest BCUT2D eigenvalue weighted by molar-refractivity contribution is 0.0372. The Morgan fingerprint density at radius 1 is 0.789 bits per heavy atom. The Morgan fingerprint density at radius 3 is 2.05 bits per heavy atom. The first-order chi connectivity index (χ1) is 18.6. The topological polar surface area (TPSA) is 49.7 Å². The molecule has 0 spiro atoms. The number of hydrogen-bond acceptors (Lipinski definition) is 4. The quantitative estimate of drug-likeness (QED) is 0.269. The van der Waals surface area contributed by atoms with Crippen molar-refractivity contribution in [3.05, 3.63) is 84.4 Å². The molecule has 6 heteroatoms. The monoisotopic (exact) mass is 512 g/mol. The van der Waals surface area contributed by atoms with Gasteiger partial charge in [0.2, 0.25) is 0 Å². The molecule has 6 nitrogen and oxygen atoms in total. The highest BCUT2D eigenvalue weighted by molar-refractivity contribution is 6.07. The highest BCUT2D eigenvalue weighted by atomic mass is 16.5. The molecular formula is C32H40N4O2. The van der Waals surface area contributed by atoms with Crippen LogP contribution in [-0.2, 0) is 17.9 Å². The van der Waals surface area contributed by atoms with Gasteiger partial charge in [0.25, 0.3) is 0 Å². The van der Waals surface area contributed by atoms with E-state index in [4.69, 9.17) is 4.74 Å². The third kappa shape index (κ3) is 6.20. The normalized spacial score (nSPS) is 18.7. The van der Waals surface area contributed by atoms with Crippen molar-refractivity contribution < 1.29 is 9.53 Å². The molecule has 200 valence electrons. The summed E-state index contributed by atoms with van der Waals surface area (Å²) in [6.45, 7) is 10.9. The van der Waals surface area contributed by atoms with Crippen LogP contribution in [-0.4, -0.2) is 65.3 Å². The number of nitrogens with one attached hydrogen (secondary N) is 1. The molecule has 0 radical (unpaired) electrons. The van der Waals surface area contributed by atoms with Gasteiger partial charge in [-0.1, -0.05) is 66.7 Å². The summed E-state index contributed by atoms with van der Waals surface area (Å²) in [5.74, 6) is 0. The van der Waals surface area contributed by atoms with Crippen molar-refractivity contribution >= 4 is 27.9 Å². The molecule has 0 unspecified atom stereocenters. The average molecular weight is 513 g/mol. The molecule has 0 bridgehead atoms. The van der Waals surface area contributed by atoms with Crippen molar-refractivity contribution in [3.63, 3.8) is 0 Å². The lowest BCUT2D eigenvalue weighted by Gasteiger charge is -2.44. The van der Waals surface area contributed by atoms with E-state index in [0.29, 0.717) is 25.2 Å². The number of amides is 1. The van der Waals surface area contributed by atoms with Crippen molar-refractivity contribution in [1.82, 2.24) is 19.7 Å². The highest BCUT2D eigenvalue weighted by Gasteiger charge is 2.28. The van der Waals surface area contributed by atoms with Crippen LogP contribution in [0.1, 0.15) is 32.3 Å². The molecule has 2 atom stereocenters. The summed E-state index contributed by atoms with van der Waals surface area (Å²) in [5, 5.41) is 5.59. The molecule has 5 rings (SSSR count). The Kier molecular flexibility index (Phi) is 8.61. The lowest BCUT2D eigenvalue weighted by Crippen LogP contribution is -2.57. The smallest absolute Gasteiger partial charge is 0.407 e. The molecule has 38 heavy (non-hydrogen) atoms. The number of carbonyl (C=O) groups is 1. The van der Waals surface area contributed by atoms with E-state index >= 15 is 0 Å². The molecular weight excluding hydrogens is 472 g/mol. The van der Waals surface area contributed by atoms with Gasteiger partial charge in [-0.05, 0) is 50.9 Å². The fourth-order valence-electron chi connectivity index (χ4n) is 6.01. The Balaban J connectivity index is 1.05. The van der Waals surface area contributed by atoms with Gasteiger partial charge in [0.05, 0.1) is 0 Å². The zero-order valence-corrected chi connectivity index (χ0v) is 22.7. The Hall–Kier alpha value is -3.35. The molecule has 1 aliphatic heterocycles. The number of carbonyl (C=O) groups excluding carboxylic acids is 1. The first-order valence-electron chi connectivity index (χ1n) is 14.0. The number of nitrogens with zero attached hydrogens (tertiary/aromatic N) is 3. The highest BCUT2D eigenvalue weighted by Crippen LogP contribution is 2.29. The third-order valence-corrected chi connectivity index (χ3v) is 7.79. The van der Waals surface area contributed by atoms with Crippen LogP contribution in [0.15, 0.2) is 78.9 Å². The number of para-hydroxylation sites is 2. The van der Waals surface area contributed by atoms with Crippen LogP contribution in [0.2, 0.25) is 0 Å². The number of hydrogen-bond donors (Lipinski definition) is 1. The van der Waals surface area contributed by atoms with E-state index in [0.717, 1.165) is 51.1 Å². The molecule has 1 aromatic heterocycles. The van der Waals surface area contributed by atoms with Gasteiger partial charge < -0.3 is 19.5 Å². The largest absolute Gasteiger partial charge is 0.445 e. The summed E-state index contributed by atoms with van der Waals surface area (Å²) in [5.41, 5.74) is 3.66. The van der Waals surface area contributed by atoms with Crippen molar-refractivity contribution in [3.8, 4) is 0 Å². The third-order valence-electron chi connectivity index (χ3n) is 7.79. The molecule has 1 N–H and O–H groups in total. The number of aryl methyl sites for hydroxylation is 1. The van der Waals surface area contributed by atoms with Crippen molar-refractivity contribution in [2.75, 3.05) is 32.7 Å². The van der Waals surface area contributed by atoms with E-state index in [1.807, 2.05) is 30.3 Å². The maximum absolute atomic E-state index is 12.0. The minimum absolute atomic E-state index is 0.305. The lowest BCUT2D eigenvalue weighted by atomic mass is 10.1. The van der Waals surface area contributed by atoms with Gasteiger partial charge >= 0.3 is 6.09 Å². The van der Waals surface area contributed by atoms with Crippen LogP contribution >= 0.6 is 0 Å². The molecule has 0 aliphatic carbocycles. The number of piperazine rings is 1. The number of rotatable bonds is 10. The average Bonchev–Trinajstić information content (AvgIpc) is 3.25. The van der Waals surface area contributed by atoms with Crippen LogP contribution in [0.3, 0.4) is 0 Å². The van der Waals surface area contributed by atoms with Crippen LogP contribution in [0.4, 0.5) is 4.79 Å². The van der Waals surface area contributed by atoms with E-state index < -0.39 is 0 Å². The fraction of sp³-hybridized carbons (Fsp3) is 0.406. The standard InChI is InChI=1S/C32H40N4O2/c1-25-22-34(19-11-21-36-30-16-8-6-14-28(30)29-15-7-9-17-31(29)36)23-26(2)35(25)20-10-18-33-32(37)38-24-27-12-4-3-5-13-27/h3-9,12-17,25-26H,10-11,18-24H2,1-2H3,(H,33,37)/t25-,26+. The SMILES string of the molecule is C[C@@H]1CN(CCCn2c3ccccc3c3ccccc32)C[C@H](C)N1CCCNC(=O)OCc1ccccc1. The van der Waals surface area contributed by atoms with E-state index in [1.54, 1.807) is 0 Å². The summed E-state index contributed by atoms with van der Waals surface area (Å²) in [6.07, 6.45) is 1.71. The minimum atomic E-state index is -0.344. The van der Waals surface area contributed by atoms with Crippen LogP contribution in [0, 0.1) is 0 Å². The number of aromatic nitrogens is 1. The summed E-state index contributed by atoms with van der Waals surface area (Å²) >= 11 is 0. The van der Waals surface area contributed by atoms with Gasteiger partial charge in [0.15, 0.2) is 0 Å². The van der Waals surface area contributed by atoms with Crippen LogP contribution in [0.5, 0.6) is 0 Å². The fourth-order valence-corrected chi connectivity index (χ4v) is 6.01. The second kappa shape index (κ2) is 12.5. The van der Waals surface area contributed by atoms with E-state index in [-0.39, 0.29) is 6.09 Å². The van der Waals surface area contributed by atoms with Gasteiger partial charge in [-0.2, -0.15) is 0 Å². The van der Waals surface area contributed by atoms with Gasteiger partial charge in [0, 0.05) is 66.6 Å². The first kappa shape index (κ1) is 26.3. The Bertz CT molecular complexity index is 1270. The zero-order chi connectivity index (χ0) is 26.3. The Labute approximate surface area is 226 Å². The van der Waals surface area contributed by atoms with Crippen molar-refractivity contribution in [1.29, 1.82) is 0 Å². The van der Waals surface area contributed by atoms with Crippen molar-refractivity contribution in [2.45, 2.75) is 51.9 Å². The molecule has 4 aromatic rings. The second-order valence-electron chi connectivity index (χ2n) is 10.6. The first-order valence-corrected chi connectivity index (χ1v) is 14.0. The number of fused-ring (bicyclic) bond motifs is 3. The summed E-state index contributed by atoms with van der Waals surface area (Å²) in [4.78, 5) is 17.2. The Morgan fingerprint density at radius 2 is 1.39 bits per heavy atom. The van der Waals surface area contributed by atoms with Crippen LogP contribution < -0.4 is 5.32 Å². The van der Waals surface area contributed by atoms with Gasteiger partial charge in [0.1, 0.15) is 6.61 Å². The predicted molar refractivity (Wildman–Crippen MR) is 155 cm³/mol. The zero-order valence-electron chi connectivity index (χ0n) is 22.7. The molecule has 1 fully saturated rings. The molecule has 1 saturated heterocycles. The predicted octanol–water partition coefficient (Wildman–Crippen LogP) is 5.90. The number of ether oxygens (including phenoxy) is 1. The van der Waals surface area contributed by atoms with E-state index in [9.17, 15) is 4.79 Å². The molecule has 3 aromatic carbocycles. The maximum atomic E-state index is 12.0. The van der Waals surface area contributed by atoms with Crippen molar-refractivity contribution in [2.24, 2.45) is 0 Å². The van der Waals surface area contributed by atoms with Gasteiger partial charge in [-0.25, -0.2) is 4.79 Å². The summed E-state index contributed by atoms with van der Waals surface area (Å²) in [6, 6.07) is 28.3. The van der Waals surface area contributed by atoms with Crippen LogP contribution in [0.25, 0.3) is 21.8 Å². The van der Waals surface area contributed by atoms with Gasteiger partial charge in [-0.15, -0.1) is 0 Å².